The van der Waals surface area contributed by atoms with Crippen LogP contribution in [0.15, 0.2) is 12.1 Å². The predicted molar refractivity (Wildman–Crippen MR) is 91.5 cm³/mol. The molecule has 0 saturated carbocycles. The molecule has 1 unspecified atom stereocenters. The first-order valence-electron chi connectivity index (χ1n) is 7.69. The Bertz CT molecular complexity index is 586. The van der Waals surface area contributed by atoms with E-state index < -0.39 is 5.97 Å². The maximum atomic E-state index is 12.4. The van der Waals surface area contributed by atoms with E-state index in [1.165, 1.54) is 6.42 Å². The second kappa shape index (κ2) is 7.25. The van der Waals surface area contributed by atoms with Gasteiger partial charge in [-0.2, -0.15) is 11.8 Å². The lowest BCUT2D eigenvalue weighted by atomic mass is 10.0. The van der Waals surface area contributed by atoms with Crippen LogP contribution in [0, 0.1) is 13.8 Å². The number of ether oxygens (including phenoxy) is 1. The number of aryl methyl sites for hydroxylation is 2. The second-order valence-electron chi connectivity index (χ2n) is 6.21. The number of aliphatic carboxylic acids is 1. The standard InChI is InChI=1S/C17H23NO4S/c1-11-7-13(8-12(2)15(11)22-9-14(19)20)16(21)18-10-17(3)5-4-6-23-17/h7-8H,4-6,9-10H2,1-3H3,(H,18,21)(H,19,20). The molecule has 0 aromatic heterocycles. The quantitative estimate of drug-likeness (QED) is 0.835. The van der Waals surface area contributed by atoms with Gasteiger partial charge in [0.25, 0.3) is 5.91 Å². The van der Waals surface area contributed by atoms with Gasteiger partial charge >= 0.3 is 5.97 Å². The number of amides is 1. The Labute approximate surface area is 140 Å². The fourth-order valence-electron chi connectivity index (χ4n) is 2.79. The molecule has 0 bridgehead atoms. The smallest absolute Gasteiger partial charge is 0.341 e. The summed E-state index contributed by atoms with van der Waals surface area (Å²) in [4.78, 5) is 23.0. The maximum Gasteiger partial charge on any atom is 0.341 e. The van der Waals surface area contributed by atoms with Crippen LogP contribution in [0.1, 0.15) is 41.3 Å². The van der Waals surface area contributed by atoms with E-state index in [1.54, 1.807) is 12.1 Å². The highest BCUT2D eigenvalue weighted by atomic mass is 32.2. The molecule has 5 nitrogen and oxygen atoms in total. The highest BCUT2D eigenvalue weighted by molar-refractivity contribution is 8.00. The van der Waals surface area contributed by atoms with Crippen LogP contribution in [0.2, 0.25) is 0 Å². The Hall–Kier alpha value is -1.69. The first kappa shape index (κ1) is 17.7. The number of thioether (sulfide) groups is 1. The number of carboxylic acid groups (broad SMARTS) is 1. The summed E-state index contributed by atoms with van der Waals surface area (Å²) in [5.74, 6) is 0.560. The van der Waals surface area contributed by atoms with E-state index in [-0.39, 0.29) is 17.3 Å². The minimum atomic E-state index is -1.02. The van der Waals surface area contributed by atoms with Crippen molar-refractivity contribution in [3.8, 4) is 5.75 Å². The van der Waals surface area contributed by atoms with E-state index in [1.807, 2.05) is 25.6 Å². The van der Waals surface area contributed by atoms with Gasteiger partial charge in [0, 0.05) is 16.9 Å². The lowest BCUT2D eigenvalue weighted by Crippen LogP contribution is -2.36. The van der Waals surface area contributed by atoms with Gasteiger partial charge in [-0.1, -0.05) is 0 Å². The molecule has 1 amide bonds. The third-order valence-electron chi connectivity index (χ3n) is 3.99. The van der Waals surface area contributed by atoms with E-state index in [0.717, 1.165) is 23.3 Å². The summed E-state index contributed by atoms with van der Waals surface area (Å²) in [5.41, 5.74) is 2.10. The highest BCUT2D eigenvalue weighted by Crippen LogP contribution is 2.37. The number of carbonyl (C=O) groups excluding carboxylic acids is 1. The molecule has 0 radical (unpaired) electrons. The number of hydrogen-bond donors (Lipinski definition) is 2. The summed E-state index contributed by atoms with van der Waals surface area (Å²) in [7, 11) is 0. The Morgan fingerprint density at radius 3 is 2.52 bits per heavy atom. The molecule has 1 aromatic carbocycles. The fourth-order valence-corrected chi connectivity index (χ4v) is 4.03. The van der Waals surface area contributed by atoms with Gasteiger partial charge in [0.1, 0.15) is 5.75 Å². The van der Waals surface area contributed by atoms with E-state index >= 15 is 0 Å². The van der Waals surface area contributed by atoms with Gasteiger partial charge in [0.15, 0.2) is 6.61 Å². The monoisotopic (exact) mass is 337 g/mol. The molecule has 1 aromatic rings. The number of carbonyl (C=O) groups is 2. The normalized spacial score (nSPS) is 20.3. The zero-order valence-corrected chi connectivity index (χ0v) is 14.6. The van der Waals surface area contributed by atoms with Crippen LogP contribution in [0.4, 0.5) is 0 Å². The van der Waals surface area contributed by atoms with Gasteiger partial charge in [0.05, 0.1) is 0 Å². The van der Waals surface area contributed by atoms with Crippen LogP contribution in [0.5, 0.6) is 5.75 Å². The molecular weight excluding hydrogens is 314 g/mol. The molecule has 6 heteroatoms. The molecule has 23 heavy (non-hydrogen) atoms. The van der Waals surface area contributed by atoms with Crippen molar-refractivity contribution >= 4 is 23.6 Å². The third-order valence-corrected chi connectivity index (χ3v) is 5.52. The van der Waals surface area contributed by atoms with Crippen LogP contribution in [0.25, 0.3) is 0 Å². The summed E-state index contributed by atoms with van der Waals surface area (Å²) in [6.45, 7) is 6.09. The van der Waals surface area contributed by atoms with Crippen molar-refractivity contribution in [2.75, 3.05) is 18.9 Å². The summed E-state index contributed by atoms with van der Waals surface area (Å²) >= 11 is 1.91. The first-order valence-corrected chi connectivity index (χ1v) is 8.67. The van der Waals surface area contributed by atoms with E-state index in [4.69, 9.17) is 9.84 Å². The van der Waals surface area contributed by atoms with Crippen LogP contribution in [0.3, 0.4) is 0 Å². The Kier molecular flexibility index (Phi) is 5.57. The van der Waals surface area contributed by atoms with Crippen LogP contribution in [-0.4, -0.2) is 40.6 Å². The summed E-state index contributed by atoms with van der Waals surface area (Å²) in [6.07, 6.45) is 2.32. The van der Waals surface area contributed by atoms with Gasteiger partial charge in [-0.05, 0) is 62.6 Å². The van der Waals surface area contributed by atoms with Crippen molar-refractivity contribution in [1.29, 1.82) is 0 Å². The Morgan fingerprint density at radius 2 is 2.00 bits per heavy atom. The molecule has 0 aliphatic carbocycles. The Balaban J connectivity index is 2.04. The van der Waals surface area contributed by atoms with Crippen molar-refractivity contribution in [1.82, 2.24) is 5.32 Å². The average Bonchev–Trinajstić information content (AvgIpc) is 2.90. The van der Waals surface area contributed by atoms with Gasteiger partial charge in [0.2, 0.25) is 0 Å². The molecule has 2 rings (SSSR count). The fraction of sp³-hybridized carbons (Fsp3) is 0.529. The zero-order valence-electron chi connectivity index (χ0n) is 13.8. The zero-order chi connectivity index (χ0) is 17.0. The van der Waals surface area contributed by atoms with Crippen molar-refractivity contribution in [3.63, 3.8) is 0 Å². The number of rotatable bonds is 6. The predicted octanol–water partition coefficient (Wildman–Crippen LogP) is 2.78. The first-order chi connectivity index (χ1) is 10.8. The molecule has 1 aliphatic rings. The van der Waals surface area contributed by atoms with E-state index in [9.17, 15) is 9.59 Å². The molecule has 126 valence electrons. The van der Waals surface area contributed by atoms with Gasteiger partial charge in [-0.15, -0.1) is 0 Å². The Morgan fingerprint density at radius 1 is 1.35 bits per heavy atom. The van der Waals surface area contributed by atoms with Crippen molar-refractivity contribution in [2.45, 2.75) is 38.4 Å². The number of benzene rings is 1. The minimum absolute atomic E-state index is 0.102. The largest absolute Gasteiger partial charge is 0.481 e. The highest BCUT2D eigenvalue weighted by Gasteiger charge is 2.29. The molecular formula is C17H23NO4S. The number of nitrogens with one attached hydrogen (secondary N) is 1. The summed E-state index contributed by atoms with van der Waals surface area (Å²) < 4.78 is 5.42. The molecule has 2 N–H and O–H groups in total. The maximum absolute atomic E-state index is 12.4. The summed E-state index contributed by atoms with van der Waals surface area (Å²) in [6, 6.07) is 3.48. The lowest BCUT2D eigenvalue weighted by Gasteiger charge is -2.23. The number of carboxylic acids is 1. The third kappa shape index (κ3) is 4.64. The molecule has 1 saturated heterocycles. The molecule has 1 atom stereocenters. The topological polar surface area (TPSA) is 75.6 Å². The molecule has 1 aliphatic heterocycles. The lowest BCUT2D eigenvalue weighted by molar-refractivity contribution is -0.139. The van der Waals surface area contributed by atoms with Gasteiger partial charge in [-0.25, -0.2) is 4.79 Å². The minimum Gasteiger partial charge on any atom is -0.481 e. The van der Waals surface area contributed by atoms with Crippen molar-refractivity contribution in [3.05, 3.63) is 28.8 Å². The van der Waals surface area contributed by atoms with E-state index in [0.29, 0.717) is 17.9 Å². The average molecular weight is 337 g/mol. The molecule has 1 fully saturated rings. The van der Waals surface area contributed by atoms with Crippen LogP contribution >= 0.6 is 11.8 Å². The summed E-state index contributed by atoms with van der Waals surface area (Å²) in [5, 5.41) is 11.7. The SMILES string of the molecule is Cc1cc(C(=O)NCC2(C)CCCS2)cc(C)c1OCC(=O)O. The van der Waals surface area contributed by atoms with Crippen LogP contribution < -0.4 is 10.1 Å². The van der Waals surface area contributed by atoms with E-state index in [2.05, 4.69) is 12.2 Å². The molecule has 0 spiro atoms. The van der Waals surface area contributed by atoms with Gasteiger partial charge < -0.3 is 15.2 Å². The van der Waals surface area contributed by atoms with Gasteiger partial charge in [-0.3, -0.25) is 4.79 Å². The molecule has 1 heterocycles. The van der Waals surface area contributed by atoms with Crippen LogP contribution in [-0.2, 0) is 4.79 Å². The van der Waals surface area contributed by atoms with Crippen molar-refractivity contribution < 1.29 is 19.4 Å². The second-order valence-corrected chi connectivity index (χ2v) is 7.89. The van der Waals surface area contributed by atoms with Crippen molar-refractivity contribution in [2.24, 2.45) is 0 Å². The number of hydrogen-bond acceptors (Lipinski definition) is 4.